The molecule has 1 atom stereocenters. The van der Waals surface area contributed by atoms with Crippen molar-refractivity contribution in [2.45, 2.75) is 40.2 Å². The summed E-state index contributed by atoms with van der Waals surface area (Å²) in [5.74, 6) is 0.647. The number of para-hydroxylation sites is 1. The Balaban J connectivity index is 2.64. The molecule has 1 N–H and O–H groups in total. The van der Waals surface area contributed by atoms with Crippen LogP contribution in [0, 0.1) is 23.0 Å². The summed E-state index contributed by atoms with van der Waals surface area (Å²) in [6, 6.07) is 4.96. The van der Waals surface area contributed by atoms with Gasteiger partial charge >= 0.3 is 5.69 Å². The van der Waals surface area contributed by atoms with Gasteiger partial charge < -0.3 is 10.1 Å². The van der Waals surface area contributed by atoms with Crippen molar-refractivity contribution in [2.75, 3.05) is 13.2 Å². The number of nitro benzene ring substituents is 1. The van der Waals surface area contributed by atoms with Crippen molar-refractivity contribution in [1.29, 1.82) is 0 Å². The zero-order valence-corrected chi connectivity index (χ0v) is 12.9. The first-order valence-corrected chi connectivity index (χ1v) is 6.82. The van der Waals surface area contributed by atoms with Gasteiger partial charge in [0.15, 0.2) is 5.75 Å². The van der Waals surface area contributed by atoms with E-state index in [4.69, 9.17) is 4.74 Å². The second kappa shape index (κ2) is 6.70. The van der Waals surface area contributed by atoms with E-state index in [9.17, 15) is 10.1 Å². The predicted molar refractivity (Wildman–Crippen MR) is 80.2 cm³/mol. The number of hydrogen-bond donors (Lipinski definition) is 1. The zero-order chi connectivity index (χ0) is 15.3. The van der Waals surface area contributed by atoms with Gasteiger partial charge in [-0.2, -0.15) is 0 Å². The SMILES string of the molecule is Cc1cccc([N+](=O)[O-])c1OCC(C)CNC(C)(C)C. The second-order valence-corrected chi connectivity index (χ2v) is 6.23. The number of rotatable bonds is 6. The summed E-state index contributed by atoms with van der Waals surface area (Å²) in [4.78, 5) is 10.6. The van der Waals surface area contributed by atoms with E-state index in [0.29, 0.717) is 12.4 Å². The second-order valence-electron chi connectivity index (χ2n) is 6.23. The lowest BCUT2D eigenvalue weighted by molar-refractivity contribution is -0.386. The highest BCUT2D eigenvalue weighted by Gasteiger charge is 2.18. The maximum absolute atomic E-state index is 11.0. The van der Waals surface area contributed by atoms with Crippen LogP contribution in [0.25, 0.3) is 0 Å². The van der Waals surface area contributed by atoms with E-state index >= 15 is 0 Å². The molecule has 1 aromatic rings. The number of nitro groups is 1. The minimum atomic E-state index is -0.402. The highest BCUT2D eigenvalue weighted by atomic mass is 16.6. The van der Waals surface area contributed by atoms with Crippen molar-refractivity contribution < 1.29 is 9.66 Å². The van der Waals surface area contributed by atoms with Gasteiger partial charge in [0.1, 0.15) is 0 Å². The van der Waals surface area contributed by atoms with E-state index in [2.05, 4.69) is 33.0 Å². The molecule has 0 saturated heterocycles. The fourth-order valence-electron chi connectivity index (χ4n) is 1.73. The molecule has 112 valence electrons. The average Bonchev–Trinajstić information content (AvgIpc) is 2.33. The Hall–Kier alpha value is -1.62. The molecule has 0 spiro atoms. The van der Waals surface area contributed by atoms with Crippen LogP contribution in [0.4, 0.5) is 5.69 Å². The van der Waals surface area contributed by atoms with Gasteiger partial charge in [0.05, 0.1) is 11.5 Å². The summed E-state index contributed by atoms with van der Waals surface area (Å²) >= 11 is 0. The number of ether oxygens (including phenoxy) is 1. The molecule has 0 bridgehead atoms. The summed E-state index contributed by atoms with van der Waals surface area (Å²) < 4.78 is 5.67. The first kappa shape index (κ1) is 16.4. The van der Waals surface area contributed by atoms with E-state index in [0.717, 1.165) is 12.1 Å². The van der Waals surface area contributed by atoms with Crippen molar-refractivity contribution in [3.8, 4) is 5.75 Å². The summed E-state index contributed by atoms with van der Waals surface area (Å²) in [5.41, 5.74) is 0.874. The van der Waals surface area contributed by atoms with Gasteiger partial charge in [0.2, 0.25) is 0 Å². The highest BCUT2D eigenvalue weighted by molar-refractivity contribution is 5.51. The van der Waals surface area contributed by atoms with Crippen LogP contribution in [-0.2, 0) is 0 Å². The minimum Gasteiger partial charge on any atom is -0.486 e. The molecule has 0 saturated carbocycles. The molecular weight excluding hydrogens is 256 g/mol. The van der Waals surface area contributed by atoms with Gasteiger partial charge in [-0.05, 0) is 33.3 Å². The van der Waals surface area contributed by atoms with Crippen LogP contribution in [0.3, 0.4) is 0 Å². The van der Waals surface area contributed by atoms with Crippen LogP contribution >= 0.6 is 0 Å². The molecule has 0 aromatic heterocycles. The van der Waals surface area contributed by atoms with E-state index < -0.39 is 4.92 Å². The number of benzene rings is 1. The molecule has 0 amide bonds. The van der Waals surface area contributed by atoms with E-state index in [1.165, 1.54) is 6.07 Å². The Labute approximate surface area is 120 Å². The van der Waals surface area contributed by atoms with Gasteiger partial charge in [-0.1, -0.05) is 19.1 Å². The highest BCUT2D eigenvalue weighted by Crippen LogP contribution is 2.30. The van der Waals surface area contributed by atoms with Crippen molar-refractivity contribution >= 4 is 5.69 Å². The lowest BCUT2D eigenvalue weighted by Gasteiger charge is -2.23. The summed E-state index contributed by atoms with van der Waals surface area (Å²) in [7, 11) is 0. The standard InChI is InChI=1S/C15H24N2O3/c1-11(9-16-15(3,4)5)10-20-14-12(2)7-6-8-13(14)17(18)19/h6-8,11,16H,9-10H2,1-5H3. The molecule has 1 rings (SSSR count). The number of aryl methyl sites for hydroxylation is 1. The van der Waals surface area contributed by atoms with Crippen molar-refractivity contribution in [1.82, 2.24) is 5.32 Å². The van der Waals surface area contributed by atoms with E-state index in [1.54, 1.807) is 6.07 Å². The van der Waals surface area contributed by atoms with Crippen LogP contribution in [0.1, 0.15) is 33.3 Å². The van der Waals surface area contributed by atoms with Crippen LogP contribution in [0.2, 0.25) is 0 Å². The third-order valence-electron chi connectivity index (χ3n) is 2.88. The van der Waals surface area contributed by atoms with E-state index in [1.807, 2.05) is 13.0 Å². The molecule has 20 heavy (non-hydrogen) atoms. The lowest BCUT2D eigenvalue weighted by Crippen LogP contribution is -2.39. The van der Waals surface area contributed by atoms with Gasteiger partial charge in [0, 0.05) is 24.1 Å². The minimum absolute atomic E-state index is 0.0287. The first-order valence-electron chi connectivity index (χ1n) is 6.82. The monoisotopic (exact) mass is 280 g/mol. The zero-order valence-electron chi connectivity index (χ0n) is 12.9. The molecule has 1 unspecified atom stereocenters. The normalized spacial score (nSPS) is 13.1. The van der Waals surface area contributed by atoms with Crippen molar-refractivity contribution in [3.05, 3.63) is 33.9 Å². The van der Waals surface area contributed by atoms with Gasteiger partial charge in [-0.25, -0.2) is 0 Å². The molecular formula is C15H24N2O3. The van der Waals surface area contributed by atoms with Crippen LogP contribution < -0.4 is 10.1 Å². The molecule has 0 aliphatic heterocycles. The number of hydrogen-bond acceptors (Lipinski definition) is 4. The van der Waals surface area contributed by atoms with Crippen LogP contribution in [0.15, 0.2) is 18.2 Å². The largest absolute Gasteiger partial charge is 0.486 e. The fourth-order valence-corrected chi connectivity index (χ4v) is 1.73. The molecule has 0 fully saturated rings. The summed E-state index contributed by atoms with van der Waals surface area (Å²) in [5, 5.41) is 14.4. The first-order chi connectivity index (χ1) is 9.20. The molecule has 0 radical (unpaired) electrons. The summed E-state index contributed by atoms with van der Waals surface area (Å²) in [6.07, 6.45) is 0. The molecule has 0 aliphatic carbocycles. The topological polar surface area (TPSA) is 64.4 Å². The van der Waals surface area contributed by atoms with Gasteiger partial charge in [0.25, 0.3) is 0 Å². The molecule has 0 heterocycles. The Kier molecular flexibility index (Phi) is 5.51. The number of nitrogens with zero attached hydrogens (tertiary/aromatic N) is 1. The quantitative estimate of drug-likeness (QED) is 0.641. The number of nitrogens with one attached hydrogen (secondary N) is 1. The molecule has 5 heteroatoms. The van der Waals surface area contributed by atoms with Gasteiger partial charge in [-0.3, -0.25) is 10.1 Å². The Morgan fingerprint density at radius 1 is 1.40 bits per heavy atom. The average molecular weight is 280 g/mol. The Morgan fingerprint density at radius 3 is 2.60 bits per heavy atom. The van der Waals surface area contributed by atoms with Crippen LogP contribution in [-0.4, -0.2) is 23.6 Å². The maximum atomic E-state index is 11.0. The van der Waals surface area contributed by atoms with Crippen molar-refractivity contribution in [2.24, 2.45) is 5.92 Å². The Morgan fingerprint density at radius 2 is 2.05 bits per heavy atom. The van der Waals surface area contributed by atoms with Gasteiger partial charge in [-0.15, -0.1) is 0 Å². The third-order valence-corrected chi connectivity index (χ3v) is 2.88. The molecule has 0 aliphatic rings. The van der Waals surface area contributed by atoms with E-state index in [-0.39, 0.29) is 17.1 Å². The van der Waals surface area contributed by atoms with Crippen molar-refractivity contribution in [3.63, 3.8) is 0 Å². The molecule has 5 nitrogen and oxygen atoms in total. The molecule has 1 aromatic carbocycles. The predicted octanol–water partition coefficient (Wildman–Crippen LogP) is 3.31. The third kappa shape index (κ3) is 5.17. The smallest absolute Gasteiger partial charge is 0.311 e. The lowest BCUT2D eigenvalue weighted by atomic mass is 10.1. The van der Waals surface area contributed by atoms with Crippen LogP contribution in [0.5, 0.6) is 5.75 Å². The fraction of sp³-hybridized carbons (Fsp3) is 0.600. The Bertz CT molecular complexity index is 467. The summed E-state index contributed by atoms with van der Waals surface area (Å²) in [6.45, 7) is 11.5. The maximum Gasteiger partial charge on any atom is 0.311 e.